The molecule has 0 fully saturated rings. The summed E-state index contributed by atoms with van der Waals surface area (Å²) in [7, 11) is 0. The van der Waals surface area contributed by atoms with Gasteiger partial charge in [0.05, 0.1) is 33.3 Å². The van der Waals surface area contributed by atoms with Gasteiger partial charge in [0.25, 0.3) is 0 Å². The Balaban J connectivity index is 2.81. The molecule has 0 atom stereocenters. The monoisotopic (exact) mass is 377 g/mol. The summed E-state index contributed by atoms with van der Waals surface area (Å²) in [5, 5.41) is 19.7. The van der Waals surface area contributed by atoms with Crippen LogP contribution in [0, 0.1) is 25.0 Å². The van der Waals surface area contributed by atoms with Crippen molar-refractivity contribution in [2.24, 2.45) is 5.73 Å². The molecule has 8 heteroatoms. The van der Waals surface area contributed by atoms with Crippen molar-refractivity contribution in [2.45, 2.75) is 0 Å². The number of hydrogen-bond donors (Lipinski definition) is 1. The number of rotatable bonds is 7. The molecule has 0 aliphatic heterocycles. The highest BCUT2D eigenvalue weighted by Crippen LogP contribution is 2.33. The van der Waals surface area contributed by atoms with E-state index in [9.17, 15) is 10.1 Å². The molecule has 0 aromatic heterocycles. The Morgan fingerprint density at radius 2 is 2.16 bits per heavy atom. The van der Waals surface area contributed by atoms with Crippen LogP contribution in [-0.2, 0) is 4.74 Å². The van der Waals surface area contributed by atoms with Gasteiger partial charge in [0, 0.05) is 12.6 Å². The summed E-state index contributed by atoms with van der Waals surface area (Å²) in [5.74, 6) is 0.154. The second kappa shape index (κ2) is 7.88. The van der Waals surface area contributed by atoms with Gasteiger partial charge in [-0.15, -0.1) is 0 Å². The van der Waals surface area contributed by atoms with Crippen LogP contribution in [0.5, 0.6) is 5.75 Å². The summed E-state index contributed by atoms with van der Waals surface area (Å²) < 4.78 is 11.0. The Labute approximate surface area is 123 Å². The molecule has 0 aliphatic rings. The van der Waals surface area contributed by atoms with Gasteiger partial charge in [0.15, 0.2) is 0 Å². The fraction of sp³-hybridized carbons (Fsp3) is 0.364. The van der Waals surface area contributed by atoms with E-state index in [1.165, 1.54) is 12.1 Å². The average molecular weight is 377 g/mol. The van der Waals surface area contributed by atoms with Crippen LogP contribution in [0.2, 0.25) is 0 Å². The van der Waals surface area contributed by atoms with Crippen LogP contribution in [0.3, 0.4) is 0 Å². The van der Waals surface area contributed by atoms with Crippen molar-refractivity contribution in [3.63, 3.8) is 0 Å². The summed E-state index contributed by atoms with van der Waals surface area (Å²) in [5.41, 5.74) is 5.26. The van der Waals surface area contributed by atoms with Crippen LogP contribution in [0.25, 0.3) is 0 Å². The minimum Gasteiger partial charge on any atom is -0.484 e. The first-order valence-electron chi connectivity index (χ1n) is 5.38. The Morgan fingerprint density at radius 1 is 1.42 bits per heavy atom. The predicted octanol–water partition coefficient (Wildman–Crippen LogP) is 1.43. The number of benzene rings is 1. The van der Waals surface area contributed by atoms with Crippen LogP contribution in [0.15, 0.2) is 12.1 Å². The number of nitriles is 1. The first kappa shape index (κ1) is 15.6. The standard InChI is InChI=1S/C11H12IN3O4/c12-9-5-8(7-14)6-10(15(16)17)11(9)19-4-3-18-2-1-13/h5-6H,1-4,13H2. The van der Waals surface area contributed by atoms with Gasteiger partial charge in [-0.25, -0.2) is 0 Å². The molecule has 0 amide bonds. The number of nitrogens with two attached hydrogens (primary N) is 1. The van der Waals surface area contributed by atoms with Gasteiger partial charge in [-0.1, -0.05) is 0 Å². The average Bonchev–Trinajstić information content (AvgIpc) is 2.39. The van der Waals surface area contributed by atoms with E-state index in [2.05, 4.69) is 0 Å². The lowest BCUT2D eigenvalue weighted by Crippen LogP contribution is -2.13. The van der Waals surface area contributed by atoms with E-state index in [0.717, 1.165) is 0 Å². The largest absolute Gasteiger partial charge is 0.484 e. The fourth-order valence-corrected chi connectivity index (χ4v) is 2.08. The molecule has 0 saturated heterocycles. The summed E-state index contributed by atoms with van der Waals surface area (Å²) >= 11 is 1.90. The zero-order valence-corrected chi connectivity index (χ0v) is 12.1. The molecular formula is C11H12IN3O4. The van der Waals surface area contributed by atoms with Crippen LogP contribution < -0.4 is 10.5 Å². The number of nitrogens with zero attached hydrogens (tertiary/aromatic N) is 2. The number of hydrogen-bond acceptors (Lipinski definition) is 6. The molecule has 2 N–H and O–H groups in total. The molecule has 1 rings (SSSR count). The van der Waals surface area contributed by atoms with E-state index in [1.807, 2.05) is 28.7 Å². The van der Waals surface area contributed by atoms with E-state index in [0.29, 0.717) is 23.3 Å². The molecule has 102 valence electrons. The fourth-order valence-electron chi connectivity index (χ4n) is 1.31. The maximum Gasteiger partial charge on any atom is 0.313 e. The highest BCUT2D eigenvalue weighted by Gasteiger charge is 2.20. The number of nitro groups is 1. The zero-order valence-electron chi connectivity index (χ0n) is 9.97. The van der Waals surface area contributed by atoms with Crippen molar-refractivity contribution in [1.29, 1.82) is 5.26 Å². The Kier molecular flexibility index (Phi) is 6.48. The van der Waals surface area contributed by atoms with E-state index in [1.54, 1.807) is 0 Å². The van der Waals surface area contributed by atoms with Crippen molar-refractivity contribution in [3.05, 3.63) is 31.4 Å². The predicted molar refractivity (Wildman–Crippen MR) is 75.9 cm³/mol. The minimum absolute atomic E-state index is 0.154. The lowest BCUT2D eigenvalue weighted by molar-refractivity contribution is -0.386. The summed E-state index contributed by atoms with van der Waals surface area (Å²) in [6, 6.07) is 4.59. The van der Waals surface area contributed by atoms with Gasteiger partial charge in [-0.3, -0.25) is 10.1 Å². The van der Waals surface area contributed by atoms with E-state index in [4.69, 9.17) is 20.5 Å². The SMILES string of the molecule is N#Cc1cc(I)c(OCCOCCN)c([N+](=O)[O-])c1. The lowest BCUT2D eigenvalue weighted by atomic mass is 10.2. The molecule has 0 heterocycles. The van der Waals surface area contributed by atoms with Crippen LogP contribution in [0.4, 0.5) is 5.69 Å². The molecule has 0 radical (unpaired) electrons. The van der Waals surface area contributed by atoms with Gasteiger partial charge in [-0.05, 0) is 28.7 Å². The van der Waals surface area contributed by atoms with Crippen molar-refractivity contribution < 1.29 is 14.4 Å². The van der Waals surface area contributed by atoms with E-state index >= 15 is 0 Å². The molecular weight excluding hydrogens is 365 g/mol. The maximum atomic E-state index is 10.9. The summed E-state index contributed by atoms with van der Waals surface area (Å²) in [4.78, 5) is 10.4. The number of ether oxygens (including phenoxy) is 2. The summed E-state index contributed by atoms with van der Waals surface area (Å²) in [6.45, 7) is 1.30. The quantitative estimate of drug-likeness (QED) is 0.333. The second-order valence-corrected chi connectivity index (χ2v) is 4.59. The highest BCUT2D eigenvalue weighted by atomic mass is 127. The Morgan fingerprint density at radius 3 is 2.74 bits per heavy atom. The minimum atomic E-state index is -0.570. The maximum absolute atomic E-state index is 10.9. The Hall–Kier alpha value is -1.44. The topological polar surface area (TPSA) is 111 Å². The van der Waals surface area contributed by atoms with Gasteiger partial charge >= 0.3 is 5.69 Å². The molecule has 1 aromatic carbocycles. The van der Waals surface area contributed by atoms with Gasteiger partial charge in [0.1, 0.15) is 6.61 Å². The normalized spacial score (nSPS) is 9.95. The smallest absolute Gasteiger partial charge is 0.313 e. The van der Waals surface area contributed by atoms with Gasteiger partial charge in [0.2, 0.25) is 5.75 Å². The number of nitro benzene ring substituents is 1. The van der Waals surface area contributed by atoms with Crippen LogP contribution in [-0.4, -0.2) is 31.3 Å². The third kappa shape index (κ3) is 4.62. The third-order valence-corrected chi connectivity index (χ3v) is 2.89. The first-order chi connectivity index (χ1) is 9.10. The first-order valence-corrected chi connectivity index (χ1v) is 6.46. The number of halogens is 1. The molecule has 7 nitrogen and oxygen atoms in total. The Bertz CT molecular complexity index is 501. The van der Waals surface area contributed by atoms with Crippen molar-refractivity contribution in [2.75, 3.05) is 26.4 Å². The summed E-state index contributed by atoms with van der Waals surface area (Å²) in [6.07, 6.45) is 0. The molecule has 0 aliphatic carbocycles. The van der Waals surface area contributed by atoms with Crippen molar-refractivity contribution in [1.82, 2.24) is 0 Å². The molecule has 0 unspecified atom stereocenters. The third-order valence-electron chi connectivity index (χ3n) is 2.09. The molecule has 0 saturated carbocycles. The molecule has 19 heavy (non-hydrogen) atoms. The van der Waals surface area contributed by atoms with Crippen molar-refractivity contribution >= 4 is 28.3 Å². The van der Waals surface area contributed by atoms with Gasteiger partial charge < -0.3 is 15.2 Å². The van der Waals surface area contributed by atoms with E-state index in [-0.39, 0.29) is 23.6 Å². The van der Waals surface area contributed by atoms with Gasteiger partial charge in [-0.2, -0.15) is 5.26 Å². The van der Waals surface area contributed by atoms with E-state index < -0.39 is 4.92 Å². The van der Waals surface area contributed by atoms with Crippen molar-refractivity contribution in [3.8, 4) is 11.8 Å². The second-order valence-electron chi connectivity index (χ2n) is 3.42. The lowest BCUT2D eigenvalue weighted by Gasteiger charge is -2.09. The van der Waals surface area contributed by atoms with Crippen LogP contribution >= 0.6 is 22.6 Å². The molecule has 0 bridgehead atoms. The molecule has 1 aromatic rings. The molecule has 0 spiro atoms. The van der Waals surface area contributed by atoms with Crippen LogP contribution in [0.1, 0.15) is 5.56 Å². The highest BCUT2D eigenvalue weighted by molar-refractivity contribution is 14.1. The zero-order chi connectivity index (χ0) is 14.3.